The molecule has 0 spiro atoms. The third-order valence-corrected chi connectivity index (χ3v) is 19.0. The Kier molecular flexibility index (Phi) is 54.3. The van der Waals surface area contributed by atoms with Gasteiger partial charge in [0, 0.05) is 49.7 Å². The second-order valence-corrected chi connectivity index (χ2v) is 29.6. The van der Waals surface area contributed by atoms with Crippen LogP contribution in [0.4, 0.5) is 0 Å². The number of aliphatic carboxylic acids is 8. The van der Waals surface area contributed by atoms with E-state index in [0.29, 0.717) is 6.42 Å². The molecule has 0 radical (unpaired) electrons. The van der Waals surface area contributed by atoms with Crippen LogP contribution >= 0.6 is 12.6 Å². The fourth-order valence-corrected chi connectivity index (χ4v) is 11.6. The summed E-state index contributed by atoms with van der Waals surface area (Å²) in [6.07, 6.45) is -10.2. The second kappa shape index (κ2) is 61.6. The van der Waals surface area contributed by atoms with Gasteiger partial charge in [-0.05, 0) is 58.4 Å². The number of aromatic amines is 1. The summed E-state index contributed by atoms with van der Waals surface area (Å²) in [6, 6.07) is -37.8. The van der Waals surface area contributed by atoms with E-state index in [9.17, 15) is 196 Å². The van der Waals surface area contributed by atoms with E-state index in [-0.39, 0.29) is 31.5 Å². The molecule has 62 nitrogen and oxygen atoms in total. The lowest BCUT2D eigenvalue weighted by Gasteiger charge is -2.28. The Morgan fingerprint density at radius 1 is 0.311 bits per heavy atom. The summed E-state index contributed by atoms with van der Waals surface area (Å²) in [5.41, 5.74) is 11.3. The molecule has 19 atom stereocenters. The molecular weight excluding hydrogens is 1850 g/mol. The zero-order chi connectivity index (χ0) is 103. The largest absolute Gasteiger partial charge is 0.481 e. The van der Waals surface area contributed by atoms with Crippen LogP contribution < -0.4 is 102 Å². The van der Waals surface area contributed by atoms with Gasteiger partial charge in [0.15, 0.2) is 0 Å². The number of thiol groups is 1. The molecule has 1 rings (SSSR count). The highest BCUT2D eigenvalue weighted by Gasteiger charge is 2.41. The van der Waals surface area contributed by atoms with Crippen molar-refractivity contribution in [2.24, 2.45) is 11.5 Å². The molecule has 0 saturated carbocycles. The third kappa shape index (κ3) is 44.3. The van der Waals surface area contributed by atoms with E-state index in [0.717, 1.165) is 6.92 Å². The number of rotatable bonds is 68. The fraction of sp³-hybridized carbons (Fsp3) is 0.611. The van der Waals surface area contributed by atoms with E-state index in [1.807, 2.05) is 69.1 Å². The Labute approximate surface area is 766 Å². The number of hydrogen-bond acceptors (Lipinski definition) is 37. The molecule has 63 heteroatoms. The number of amides is 17. The number of carbonyl (C=O) groups excluding carboxylic acids is 17. The van der Waals surface area contributed by atoms with Crippen molar-refractivity contribution in [2.45, 2.75) is 218 Å². The van der Waals surface area contributed by atoms with Crippen molar-refractivity contribution in [1.82, 2.24) is 100 Å². The number of carboxylic acids is 8. The van der Waals surface area contributed by atoms with Gasteiger partial charge in [0.25, 0.3) is 0 Å². The quantitative estimate of drug-likeness (QED) is 0.0213. The van der Waals surface area contributed by atoms with Crippen LogP contribution in [0.3, 0.4) is 0 Å². The minimum absolute atomic E-state index is 0.0960. The Morgan fingerprint density at radius 2 is 0.556 bits per heavy atom. The topological polar surface area (TPSA) is 1040 Å². The first kappa shape index (κ1) is 119. The number of imidazole rings is 1. The Morgan fingerprint density at radius 3 is 0.822 bits per heavy atom. The van der Waals surface area contributed by atoms with E-state index in [1.165, 1.54) is 12.5 Å². The number of nitrogens with one attached hydrogen (secondary N) is 18. The van der Waals surface area contributed by atoms with Gasteiger partial charge in [-0.1, -0.05) is 0 Å². The highest BCUT2D eigenvalue weighted by Crippen LogP contribution is 2.12. The number of carbonyl (C=O) groups is 25. The van der Waals surface area contributed by atoms with E-state index < -0.39 is 386 Å². The summed E-state index contributed by atoms with van der Waals surface area (Å²) in [4.78, 5) is 331. The first-order chi connectivity index (χ1) is 63.4. The maximum absolute atomic E-state index is 13.9. The minimum atomic E-state index is -2.45. The van der Waals surface area contributed by atoms with Crippen LogP contribution in [0.15, 0.2) is 12.5 Å². The van der Waals surface area contributed by atoms with Gasteiger partial charge in [-0.2, -0.15) is 12.6 Å². The number of nitrogens with zero attached hydrogens (tertiary/aromatic N) is 1. The predicted octanol–water partition coefficient (Wildman–Crippen LogP) is -19.1. The Hall–Kier alpha value is -14.1. The van der Waals surface area contributed by atoms with Crippen LogP contribution in [-0.4, -0.2) is 413 Å². The normalized spacial score (nSPS) is 15.2. The number of nitrogens with two attached hydrogens (primary N) is 2. The molecule has 0 saturated heterocycles. The number of aliphatic hydroxyl groups is 8. The number of H-pyrrole nitrogens is 1. The van der Waals surface area contributed by atoms with Crippen molar-refractivity contribution in [3.63, 3.8) is 0 Å². The molecule has 0 fully saturated rings. The average Bonchev–Trinajstić information content (AvgIpc) is 1.70. The minimum Gasteiger partial charge on any atom is -0.481 e. The Bertz CT molecular complexity index is 4320. The molecule has 1 heterocycles. The summed E-state index contributed by atoms with van der Waals surface area (Å²) >= 11 is 3.97. The van der Waals surface area contributed by atoms with Crippen molar-refractivity contribution < 1.29 is 202 Å². The smallest absolute Gasteiger partial charge is 0.326 e. The predicted molar refractivity (Wildman–Crippen MR) is 443 cm³/mol. The van der Waals surface area contributed by atoms with Crippen LogP contribution in [0.5, 0.6) is 0 Å². The fourth-order valence-electron chi connectivity index (χ4n) is 11.3. The van der Waals surface area contributed by atoms with Crippen molar-refractivity contribution in [1.29, 1.82) is 0 Å². The summed E-state index contributed by atoms with van der Waals surface area (Å²) in [5, 5.41) is 191. The number of aliphatic hydroxyl groups excluding tert-OH is 8. The Balaban J connectivity index is 3.41. The lowest BCUT2D eigenvalue weighted by Crippen LogP contribution is -2.63. The molecule has 0 aromatic carbocycles. The van der Waals surface area contributed by atoms with Crippen molar-refractivity contribution >= 4 is 161 Å². The number of unbranched alkanes of at least 4 members (excludes halogenated alkanes) is 1. The summed E-state index contributed by atoms with van der Waals surface area (Å²) < 4.78 is 0. The van der Waals surface area contributed by atoms with Crippen LogP contribution in [0, 0.1) is 0 Å². The van der Waals surface area contributed by atoms with Crippen LogP contribution in [0.25, 0.3) is 0 Å². The van der Waals surface area contributed by atoms with Crippen LogP contribution in [0.1, 0.15) is 103 Å². The zero-order valence-corrected chi connectivity index (χ0v) is 72.4. The molecule has 0 aliphatic carbocycles. The van der Waals surface area contributed by atoms with Gasteiger partial charge in [0.05, 0.1) is 84.0 Å². The van der Waals surface area contributed by atoms with Crippen molar-refractivity contribution in [2.75, 3.05) is 58.5 Å². The van der Waals surface area contributed by atoms with Gasteiger partial charge in [0.2, 0.25) is 100 Å². The summed E-state index contributed by atoms with van der Waals surface area (Å²) in [6.45, 7) is -8.81. The molecule has 1 aromatic heterocycles. The van der Waals surface area contributed by atoms with E-state index in [1.54, 1.807) is 5.32 Å². The van der Waals surface area contributed by atoms with Crippen LogP contribution in [0.2, 0.25) is 0 Å². The molecule has 0 aliphatic rings. The molecule has 1 aromatic rings. The van der Waals surface area contributed by atoms with Gasteiger partial charge in [-0.15, -0.1) is 0 Å². The average molecular weight is 1960 g/mol. The zero-order valence-electron chi connectivity index (χ0n) is 71.5. The lowest BCUT2D eigenvalue weighted by molar-refractivity contribution is -0.144. The maximum Gasteiger partial charge on any atom is 0.326 e. The molecule has 17 amide bonds. The first-order valence-corrected chi connectivity index (χ1v) is 40.9. The first-order valence-electron chi connectivity index (χ1n) is 40.3. The summed E-state index contributed by atoms with van der Waals surface area (Å²) in [5.74, 6) is -39.8. The molecule has 0 aliphatic heterocycles. The van der Waals surface area contributed by atoms with E-state index in [4.69, 9.17) is 16.6 Å². The molecule has 38 N–H and O–H groups in total. The maximum atomic E-state index is 13.9. The van der Waals surface area contributed by atoms with Crippen LogP contribution in [-0.2, 0) is 126 Å². The highest BCUT2D eigenvalue weighted by molar-refractivity contribution is 7.80. The molecule has 0 bridgehead atoms. The molecular formula is C72H111N21O41S. The second-order valence-electron chi connectivity index (χ2n) is 29.2. The van der Waals surface area contributed by atoms with Crippen molar-refractivity contribution in [3.8, 4) is 0 Å². The third-order valence-electron chi connectivity index (χ3n) is 18.6. The standard InChI is InChI=1S/C72H111N21O41S/c1-28(101)54(71(132)91-45(25-100)65(126)77-31(6-10-48(104)105)56(117)81-35(14-29-18-75-27-76-29)59(120)80-34(72(133)134)4-2-3-13-73)93-70(131)46(26-135)92-62(123)38(17-53(114)115)82-60(121)36(15-51(110)111)83-67(128)42(22-97)86-57(118)32(7-11-49(106)107)79-64(125)41(21-96)89-69(130)44(24-99)90-68(129)43(23-98)87-58(119)33(8-12-50(108)109)78-63(124)40(20-95)88-61(122)37(16-52(112)113)84-66(127)39(19-94)85-55(116)30(74)5-9-47(102)103/h18,27-28,30-46,54,94-101,135H,2-17,19-26,73-74H2,1H3,(H,75,76)(H,77,126)(H,78,124)(H,79,125)(H,80,120)(H,81,117)(H,82,121)(H,83,128)(H,84,127)(H,85,116)(H,86,118)(H,87,119)(H,88,122)(H,89,130)(H,90,129)(H,91,132)(H,92,123)(H,93,131)(H,102,103)(H,104,105)(H,106,107)(H,108,109)(H,110,111)(H,112,113)(H,114,115)(H,133,134)/t28-,30+,31+,32+,33+,34+,35+,36+,37+,38+,39+,40+,41+,42+,43+,44+,45+,46+,54+/m1/s1. The molecule has 756 valence electrons. The molecule has 0 unspecified atom stereocenters. The van der Waals surface area contributed by atoms with Gasteiger partial charge in [-0.25, -0.2) is 9.78 Å². The van der Waals surface area contributed by atoms with Gasteiger partial charge < -0.3 is 189 Å². The number of aromatic nitrogens is 2. The van der Waals surface area contributed by atoms with E-state index >= 15 is 0 Å². The lowest BCUT2D eigenvalue weighted by atomic mass is 10.1. The summed E-state index contributed by atoms with van der Waals surface area (Å²) in [7, 11) is 0. The SMILES string of the molecule is C[C@@H](O)[C@H](NC(=O)[C@H](CS)NC(=O)[C@H](CC(=O)O)NC(=O)[C@H](CC(=O)O)NC(=O)[C@H](CO)NC(=O)[C@H](CCC(=O)O)NC(=O)[C@H](CO)NC(=O)[C@H](CO)NC(=O)[C@H](CO)NC(=O)[C@H](CCC(=O)O)NC(=O)[C@H](CO)NC(=O)[C@H](CC(=O)O)NC(=O)[C@H](CO)NC(=O)[C@@H](N)CCC(=O)O)C(=O)N[C@@H](CO)C(=O)N[C@@H](CCC(=O)O)C(=O)N[C@@H](Cc1cnc[nH]1)C(=O)N[C@@H](CCCCN)C(=O)O. The van der Waals surface area contributed by atoms with Crippen molar-refractivity contribution in [3.05, 3.63) is 18.2 Å². The highest BCUT2D eigenvalue weighted by atomic mass is 32.1. The van der Waals surface area contributed by atoms with Gasteiger partial charge in [0.1, 0.15) is 103 Å². The van der Waals surface area contributed by atoms with Gasteiger partial charge >= 0.3 is 47.8 Å². The van der Waals surface area contributed by atoms with Gasteiger partial charge in [-0.3, -0.25) is 115 Å². The molecule has 135 heavy (non-hydrogen) atoms. The number of hydrogen-bond donors (Lipinski definition) is 37. The number of carboxylic acid groups (broad SMARTS) is 8. The van der Waals surface area contributed by atoms with E-state index in [2.05, 4.69) is 38.5 Å². The monoisotopic (exact) mass is 1960 g/mol.